The number of hydrogen-bond donors (Lipinski definition) is 1. The van der Waals surface area contributed by atoms with Gasteiger partial charge in [0.2, 0.25) is 11.8 Å². The molecular weight excluding hydrogens is 272 g/mol. The Kier molecular flexibility index (Phi) is 3.98. The van der Waals surface area contributed by atoms with Crippen LogP contribution in [0.15, 0.2) is 0 Å². The van der Waals surface area contributed by atoms with Gasteiger partial charge in [-0.25, -0.2) is 0 Å². The van der Waals surface area contributed by atoms with Crippen molar-refractivity contribution in [2.45, 2.75) is 51.5 Å². The molecule has 0 aromatic carbocycles. The van der Waals surface area contributed by atoms with Crippen LogP contribution in [0, 0.1) is 11.3 Å². The van der Waals surface area contributed by atoms with Gasteiger partial charge in [-0.15, -0.1) is 11.8 Å². The zero-order valence-electron chi connectivity index (χ0n) is 12.2. The summed E-state index contributed by atoms with van der Waals surface area (Å²) in [5, 5.41) is 3.09. The fraction of sp³-hybridized carbons (Fsp3) is 0.867. The van der Waals surface area contributed by atoms with Crippen molar-refractivity contribution >= 4 is 23.6 Å². The van der Waals surface area contributed by atoms with Crippen LogP contribution < -0.4 is 5.32 Å². The lowest BCUT2D eigenvalue weighted by molar-refractivity contribution is -0.143. The molecule has 1 heterocycles. The van der Waals surface area contributed by atoms with Crippen molar-refractivity contribution in [3.05, 3.63) is 0 Å². The Morgan fingerprint density at radius 1 is 1.35 bits per heavy atom. The number of carbonyl (C=O) groups excluding carboxylic acids is 2. The van der Waals surface area contributed by atoms with Crippen molar-refractivity contribution in [3.63, 3.8) is 0 Å². The molecule has 4 nitrogen and oxygen atoms in total. The third kappa shape index (κ3) is 2.69. The molecule has 1 saturated heterocycles. The van der Waals surface area contributed by atoms with E-state index in [1.807, 2.05) is 4.90 Å². The maximum atomic E-state index is 12.4. The first kappa shape index (κ1) is 14.2. The maximum Gasteiger partial charge on any atom is 0.243 e. The molecular formula is C15H24N2O2S. The summed E-state index contributed by atoms with van der Waals surface area (Å²) in [6, 6.07) is -0.235. The standard InChI is InChI=1S/C15H24N2O2S/c1-2-15(6-7-15)9-16-13(18)12-8-20-10-17(12)14(19)11-4-3-5-11/h11-12H,2-10H2,1H3,(H,16,18). The van der Waals surface area contributed by atoms with Gasteiger partial charge in [-0.1, -0.05) is 13.3 Å². The smallest absolute Gasteiger partial charge is 0.243 e. The lowest BCUT2D eigenvalue weighted by Crippen LogP contribution is -2.50. The second kappa shape index (κ2) is 5.58. The molecule has 112 valence electrons. The largest absolute Gasteiger partial charge is 0.354 e. The second-order valence-corrected chi connectivity index (χ2v) is 7.52. The van der Waals surface area contributed by atoms with Crippen molar-refractivity contribution in [3.8, 4) is 0 Å². The number of carbonyl (C=O) groups is 2. The zero-order valence-corrected chi connectivity index (χ0v) is 13.0. The number of amides is 2. The van der Waals surface area contributed by atoms with Gasteiger partial charge in [0.05, 0.1) is 5.88 Å². The van der Waals surface area contributed by atoms with E-state index in [0.29, 0.717) is 11.3 Å². The third-order valence-electron chi connectivity index (χ3n) is 5.27. The lowest BCUT2D eigenvalue weighted by Gasteiger charge is -2.31. The molecule has 3 fully saturated rings. The van der Waals surface area contributed by atoms with E-state index in [4.69, 9.17) is 0 Å². The van der Waals surface area contributed by atoms with Gasteiger partial charge in [0.1, 0.15) is 6.04 Å². The highest BCUT2D eigenvalue weighted by Gasteiger charge is 2.43. The van der Waals surface area contributed by atoms with Crippen molar-refractivity contribution in [2.24, 2.45) is 11.3 Å². The van der Waals surface area contributed by atoms with Crippen molar-refractivity contribution in [1.29, 1.82) is 0 Å². The van der Waals surface area contributed by atoms with Crippen LogP contribution in [0.2, 0.25) is 0 Å². The van der Waals surface area contributed by atoms with E-state index in [1.165, 1.54) is 12.8 Å². The average molecular weight is 296 g/mol. The van der Waals surface area contributed by atoms with Crippen LogP contribution in [-0.4, -0.2) is 40.9 Å². The van der Waals surface area contributed by atoms with E-state index in [2.05, 4.69) is 12.2 Å². The number of nitrogens with zero attached hydrogens (tertiary/aromatic N) is 1. The SMILES string of the molecule is CCC1(CNC(=O)C2CSCN2C(=O)C2CCC2)CC1. The van der Waals surface area contributed by atoms with Crippen LogP contribution in [0.4, 0.5) is 0 Å². The van der Waals surface area contributed by atoms with Crippen LogP contribution in [0.5, 0.6) is 0 Å². The summed E-state index contributed by atoms with van der Waals surface area (Å²) in [5.41, 5.74) is 0.365. The zero-order chi connectivity index (χ0) is 14.2. The van der Waals surface area contributed by atoms with E-state index < -0.39 is 0 Å². The summed E-state index contributed by atoms with van der Waals surface area (Å²) in [6.07, 6.45) is 6.77. The maximum absolute atomic E-state index is 12.4. The Labute approximate surface area is 125 Å². The van der Waals surface area contributed by atoms with Crippen molar-refractivity contribution in [2.75, 3.05) is 18.2 Å². The van der Waals surface area contributed by atoms with E-state index in [9.17, 15) is 9.59 Å². The topological polar surface area (TPSA) is 49.4 Å². The molecule has 1 atom stereocenters. The molecule has 2 saturated carbocycles. The Morgan fingerprint density at radius 3 is 2.65 bits per heavy atom. The first-order chi connectivity index (χ1) is 9.65. The highest BCUT2D eigenvalue weighted by molar-refractivity contribution is 7.99. The number of hydrogen-bond acceptors (Lipinski definition) is 3. The van der Waals surface area contributed by atoms with E-state index in [-0.39, 0.29) is 23.8 Å². The quantitative estimate of drug-likeness (QED) is 0.844. The molecule has 3 aliphatic rings. The summed E-state index contributed by atoms with van der Waals surface area (Å²) in [4.78, 5) is 26.5. The van der Waals surface area contributed by atoms with Gasteiger partial charge in [-0.05, 0) is 37.5 Å². The summed E-state index contributed by atoms with van der Waals surface area (Å²) in [7, 11) is 0. The van der Waals surface area contributed by atoms with E-state index in [1.54, 1.807) is 11.8 Å². The van der Waals surface area contributed by atoms with E-state index in [0.717, 1.165) is 38.0 Å². The predicted molar refractivity (Wildman–Crippen MR) is 80.3 cm³/mol. The normalized spacial score (nSPS) is 28.1. The Balaban J connectivity index is 1.54. The van der Waals surface area contributed by atoms with Gasteiger partial charge < -0.3 is 10.2 Å². The number of thioether (sulfide) groups is 1. The molecule has 1 N–H and O–H groups in total. The highest BCUT2D eigenvalue weighted by Crippen LogP contribution is 2.47. The minimum atomic E-state index is -0.235. The number of rotatable bonds is 5. The Morgan fingerprint density at radius 2 is 2.10 bits per heavy atom. The number of nitrogens with one attached hydrogen (secondary N) is 1. The fourth-order valence-electron chi connectivity index (χ4n) is 2.99. The monoisotopic (exact) mass is 296 g/mol. The van der Waals surface area contributed by atoms with Gasteiger partial charge in [0, 0.05) is 18.2 Å². The molecule has 1 aliphatic heterocycles. The predicted octanol–water partition coefficient (Wildman–Crippen LogP) is 1.99. The molecule has 2 amide bonds. The summed E-state index contributed by atoms with van der Waals surface area (Å²) < 4.78 is 0. The first-order valence-electron chi connectivity index (χ1n) is 7.81. The molecule has 0 aromatic rings. The first-order valence-corrected chi connectivity index (χ1v) is 8.97. The summed E-state index contributed by atoms with van der Waals surface area (Å²) in [5.74, 6) is 1.89. The third-order valence-corrected chi connectivity index (χ3v) is 6.28. The summed E-state index contributed by atoms with van der Waals surface area (Å²) in [6.45, 7) is 2.98. The molecule has 0 spiro atoms. The summed E-state index contributed by atoms with van der Waals surface area (Å²) >= 11 is 1.70. The Hall–Kier alpha value is -0.710. The van der Waals surface area contributed by atoms with Crippen LogP contribution in [0.25, 0.3) is 0 Å². The minimum Gasteiger partial charge on any atom is -0.354 e. The molecule has 2 aliphatic carbocycles. The van der Waals surface area contributed by atoms with Crippen LogP contribution in [-0.2, 0) is 9.59 Å². The fourth-order valence-corrected chi connectivity index (χ4v) is 4.16. The molecule has 0 aromatic heterocycles. The van der Waals surface area contributed by atoms with Gasteiger partial charge >= 0.3 is 0 Å². The highest BCUT2D eigenvalue weighted by atomic mass is 32.2. The van der Waals surface area contributed by atoms with Gasteiger partial charge in [0.15, 0.2) is 0 Å². The molecule has 0 bridgehead atoms. The molecule has 5 heteroatoms. The van der Waals surface area contributed by atoms with Gasteiger partial charge in [0.25, 0.3) is 0 Å². The average Bonchev–Trinajstić information content (AvgIpc) is 3.00. The van der Waals surface area contributed by atoms with E-state index >= 15 is 0 Å². The Bertz CT molecular complexity index is 405. The van der Waals surface area contributed by atoms with Gasteiger partial charge in [-0.2, -0.15) is 0 Å². The lowest BCUT2D eigenvalue weighted by atomic mass is 9.84. The van der Waals surface area contributed by atoms with Crippen LogP contribution in [0.3, 0.4) is 0 Å². The molecule has 1 unspecified atom stereocenters. The van der Waals surface area contributed by atoms with Gasteiger partial charge in [-0.3, -0.25) is 9.59 Å². The van der Waals surface area contributed by atoms with Crippen LogP contribution >= 0.6 is 11.8 Å². The minimum absolute atomic E-state index is 0.0578. The van der Waals surface area contributed by atoms with Crippen molar-refractivity contribution < 1.29 is 9.59 Å². The molecule has 0 radical (unpaired) electrons. The molecule has 20 heavy (non-hydrogen) atoms. The molecule has 3 rings (SSSR count). The van der Waals surface area contributed by atoms with Crippen LogP contribution in [0.1, 0.15) is 45.4 Å². The second-order valence-electron chi connectivity index (χ2n) is 6.52. The van der Waals surface area contributed by atoms with Crippen molar-refractivity contribution in [1.82, 2.24) is 10.2 Å².